The Morgan fingerprint density at radius 2 is 1.77 bits per heavy atom. The molecule has 2 aliphatic heterocycles. The fraction of sp³-hybridized carbons (Fsp3) is 0.526. The molecule has 40 heavy (non-hydrogen) atoms. The number of ether oxygens (including phenoxy) is 2. The Labute approximate surface area is 220 Å². The minimum absolute atomic E-state index is 0.125. The molecule has 218 valence electrons. The van der Waals surface area contributed by atoms with Gasteiger partial charge in [-0.15, -0.1) is 0 Å². The zero-order valence-corrected chi connectivity index (χ0v) is 20.9. The Hall–Kier alpha value is -3.30. The van der Waals surface area contributed by atoms with E-state index in [4.69, 9.17) is 19.7 Å². The molecule has 0 aromatic carbocycles. The second-order valence-corrected chi connectivity index (χ2v) is 10.3. The average molecular weight is 589 g/mol. The molecule has 5 rings (SSSR count). The summed E-state index contributed by atoms with van der Waals surface area (Å²) in [6.45, 7) is -0.837. The van der Waals surface area contributed by atoms with Crippen LogP contribution >= 0.6 is 7.82 Å². The van der Waals surface area contributed by atoms with Crippen LogP contribution in [0.25, 0.3) is 11.2 Å². The van der Waals surface area contributed by atoms with E-state index in [-0.39, 0.29) is 17.1 Å². The van der Waals surface area contributed by atoms with Gasteiger partial charge in [-0.05, 0) is 0 Å². The monoisotopic (exact) mass is 589 g/mol. The number of hydrogen-bond acceptors (Lipinski definition) is 14. The molecule has 0 radical (unpaired) electrons. The SMILES string of the molecule is Nc1nc2c(ncn2C2OC(CO)C(C(OP(=O)(O)O)C3OC(n4ccc(=O)[nH]c4=O)C(O)C3O)C2O)c(=O)[nH]1. The van der Waals surface area contributed by atoms with Gasteiger partial charge in [0.25, 0.3) is 11.1 Å². The molecule has 2 fully saturated rings. The maximum absolute atomic E-state index is 12.3. The van der Waals surface area contributed by atoms with Crippen molar-refractivity contribution >= 4 is 24.9 Å². The van der Waals surface area contributed by atoms with Crippen LogP contribution in [-0.2, 0) is 18.6 Å². The van der Waals surface area contributed by atoms with E-state index in [9.17, 15) is 49.2 Å². The number of nitrogen functional groups attached to an aromatic ring is 1. The van der Waals surface area contributed by atoms with E-state index in [2.05, 4.69) is 15.0 Å². The fourth-order valence-corrected chi connectivity index (χ4v) is 5.59. The van der Waals surface area contributed by atoms with Crippen LogP contribution in [0.1, 0.15) is 12.5 Å². The summed E-state index contributed by atoms with van der Waals surface area (Å²) in [5, 5.41) is 42.8. The zero-order valence-electron chi connectivity index (χ0n) is 20.0. The largest absolute Gasteiger partial charge is 0.469 e. The highest BCUT2D eigenvalue weighted by Crippen LogP contribution is 2.48. The van der Waals surface area contributed by atoms with E-state index in [1.165, 1.54) is 0 Å². The summed E-state index contributed by atoms with van der Waals surface area (Å²) in [4.78, 5) is 67.2. The van der Waals surface area contributed by atoms with Gasteiger partial charge in [0.2, 0.25) is 5.95 Å². The summed E-state index contributed by atoms with van der Waals surface area (Å²) < 4.78 is 30.0. The Morgan fingerprint density at radius 3 is 2.42 bits per heavy atom. The normalized spacial score (nSPS) is 31.6. The van der Waals surface area contributed by atoms with Crippen molar-refractivity contribution in [3.63, 3.8) is 0 Å². The summed E-state index contributed by atoms with van der Waals surface area (Å²) in [6.07, 6.45) is -11.9. The highest BCUT2D eigenvalue weighted by molar-refractivity contribution is 7.46. The van der Waals surface area contributed by atoms with Crippen molar-refractivity contribution in [3.05, 3.63) is 49.8 Å². The number of aliphatic hydroxyl groups is 4. The first-order valence-corrected chi connectivity index (χ1v) is 13.1. The first-order chi connectivity index (χ1) is 18.8. The molecule has 0 aliphatic carbocycles. The molecule has 0 bridgehead atoms. The number of aromatic amines is 2. The molecule has 9 unspecified atom stereocenters. The van der Waals surface area contributed by atoms with Gasteiger partial charge in [-0.25, -0.2) is 14.3 Å². The average Bonchev–Trinajstić information content (AvgIpc) is 3.51. The molecule has 0 amide bonds. The molecule has 3 aromatic heterocycles. The molecule has 3 aromatic rings. The van der Waals surface area contributed by atoms with E-state index >= 15 is 0 Å². The van der Waals surface area contributed by atoms with Gasteiger partial charge in [-0.2, -0.15) is 4.98 Å². The summed E-state index contributed by atoms with van der Waals surface area (Å²) in [5.74, 6) is -1.85. The number of nitrogens with one attached hydrogen (secondary N) is 2. The lowest BCUT2D eigenvalue weighted by molar-refractivity contribution is -0.119. The molecule has 10 N–H and O–H groups in total. The lowest BCUT2D eigenvalue weighted by Crippen LogP contribution is -2.49. The summed E-state index contributed by atoms with van der Waals surface area (Å²) in [5.41, 5.74) is 2.81. The van der Waals surface area contributed by atoms with Crippen molar-refractivity contribution in [1.82, 2.24) is 29.1 Å². The van der Waals surface area contributed by atoms with Gasteiger partial charge in [-0.1, -0.05) is 0 Å². The number of rotatable bonds is 7. The molecule has 2 aliphatic rings. The number of nitrogens with two attached hydrogens (primary N) is 1. The lowest BCUT2D eigenvalue weighted by Gasteiger charge is -2.33. The Bertz CT molecular complexity index is 1630. The van der Waals surface area contributed by atoms with Gasteiger partial charge < -0.3 is 45.4 Å². The highest BCUT2D eigenvalue weighted by atomic mass is 31.2. The van der Waals surface area contributed by atoms with Gasteiger partial charge in [0, 0.05) is 18.2 Å². The Morgan fingerprint density at radius 1 is 1.07 bits per heavy atom. The number of imidazole rings is 1. The molecule has 20 nitrogen and oxygen atoms in total. The maximum Gasteiger partial charge on any atom is 0.469 e. The highest BCUT2D eigenvalue weighted by Gasteiger charge is 2.58. The van der Waals surface area contributed by atoms with E-state index in [1.807, 2.05) is 4.98 Å². The summed E-state index contributed by atoms with van der Waals surface area (Å²) >= 11 is 0. The van der Waals surface area contributed by atoms with Gasteiger partial charge in [-0.3, -0.25) is 33.2 Å². The van der Waals surface area contributed by atoms with E-state index in [0.717, 1.165) is 27.7 Å². The maximum atomic E-state index is 12.3. The van der Waals surface area contributed by atoms with Crippen molar-refractivity contribution < 1.29 is 48.8 Å². The number of aliphatic hydroxyl groups excluding tert-OH is 4. The van der Waals surface area contributed by atoms with Crippen LogP contribution in [0.3, 0.4) is 0 Å². The number of H-pyrrole nitrogens is 2. The van der Waals surface area contributed by atoms with Crippen molar-refractivity contribution in [2.45, 2.75) is 49.1 Å². The second kappa shape index (κ2) is 10.3. The van der Waals surface area contributed by atoms with Gasteiger partial charge in [0.05, 0.1) is 19.0 Å². The van der Waals surface area contributed by atoms with Gasteiger partial charge >= 0.3 is 13.5 Å². The summed E-state index contributed by atoms with van der Waals surface area (Å²) in [7, 11) is -5.41. The minimum Gasteiger partial charge on any atom is -0.394 e. The van der Waals surface area contributed by atoms with Crippen LogP contribution in [0.2, 0.25) is 0 Å². The number of anilines is 1. The third-order valence-electron chi connectivity index (χ3n) is 6.70. The number of fused-ring (bicyclic) bond motifs is 1. The van der Waals surface area contributed by atoms with Crippen molar-refractivity contribution in [2.75, 3.05) is 12.3 Å². The Balaban J connectivity index is 1.54. The number of nitrogens with zero attached hydrogens (tertiary/aromatic N) is 4. The molecule has 2 saturated heterocycles. The van der Waals surface area contributed by atoms with Crippen molar-refractivity contribution in [3.8, 4) is 0 Å². The third-order valence-corrected chi connectivity index (χ3v) is 7.22. The topological polar surface area (TPSA) is 311 Å². The van der Waals surface area contributed by atoms with Crippen LogP contribution in [0.5, 0.6) is 0 Å². The van der Waals surface area contributed by atoms with E-state index < -0.39 is 86.2 Å². The number of phosphoric acid groups is 1. The molecule has 0 saturated carbocycles. The van der Waals surface area contributed by atoms with Crippen LogP contribution in [-0.4, -0.2) is 103 Å². The quantitative estimate of drug-likeness (QED) is 0.117. The second-order valence-electron chi connectivity index (χ2n) is 9.14. The van der Waals surface area contributed by atoms with Gasteiger partial charge in [0.1, 0.15) is 30.5 Å². The number of aromatic nitrogens is 6. The first-order valence-electron chi connectivity index (χ1n) is 11.5. The molecule has 21 heteroatoms. The lowest BCUT2D eigenvalue weighted by atomic mass is 9.87. The molecule has 0 spiro atoms. The smallest absolute Gasteiger partial charge is 0.394 e. The van der Waals surface area contributed by atoms with Crippen LogP contribution in [0.4, 0.5) is 5.95 Å². The first kappa shape index (κ1) is 28.2. The van der Waals surface area contributed by atoms with E-state index in [1.54, 1.807) is 0 Å². The Kier molecular flexibility index (Phi) is 7.25. The van der Waals surface area contributed by atoms with Crippen LogP contribution in [0, 0.1) is 5.92 Å². The van der Waals surface area contributed by atoms with Crippen molar-refractivity contribution in [2.24, 2.45) is 5.92 Å². The number of hydrogen-bond donors (Lipinski definition) is 9. The molecule has 5 heterocycles. The standard InChI is InChI=1S/C19H24N7O13P/c20-18-23-14-8(15(32)24-18)21-4-26(14)16-9(29)7(5(3-27)37-16)12(39-40(34,35)36)13-10(30)11(31)17(38-13)25-2-1-6(28)22-19(25)33/h1-2,4-5,7,9-13,16-17,27,29-31H,3H2,(H,22,28,33)(H2,34,35,36)(H3,20,23,24,32). The minimum atomic E-state index is -5.41. The predicted octanol–water partition coefficient (Wildman–Crippen LogP) is -4.78. The van der Waals surface area contributed by atoms with E-state index in [0.29, 0.717) is 0 Å². The molecule has 9 atom stereocenters. The van der Waals surface area contributed by atoms with Gasteiger partial charge in [0.15, 0.2) is 23.6 Å². The zero-order chi connectivity index (χ0) is 29.1. The molecular weight excluding hydrogens is 565 g/mol. The number of phosphoric ester groups is 1. The van der Waals surface area contributed by atoms with Crippen molar-refractivity contribution in [1.29, 1.82) is 0 Å². The molecular formula is C19H24N7O13P. The van der Waals surface area contributed by atoms with Crippen LogP contribution in [0.15, 0.2) is 33.0 Å². The van der Waals surface area contributed by atoms with Crippen LogP contribution < -0.4 is 22.5 Å². The fourth-order valence-electron chi connectivity index (χ4n) is 5.01. The third kappa shape index (κ3) is 4.90. The summed E-state index contributed by atoms with van der Waals surface area (Å²) in [6, 6.07) is 0.934. The predicted molar refractivity (Wildman–Crippen MR) is 127 cm³/mol.